The first-order valence-corrected chi connectivity index (χ1v) is 8.54. The molecule has 1 fully saturated rings. The molecule has 2 atom stereocenters. The van der Waals surface area contributed by atoms with Gasteiger partial charge >= 0.3 is 0 Å². The summed E-state index contributed by atoms with van der Waals surface area (Å²) < 4.78 is 0. The van der Waals surface area contributed by atoms with E-state index in [2.05, 4.69) is 15.5 Å². The van der Waals surface area contributed by atoms with Gasteiger partial charge in [0.05, 0.1) is 30.6 Å². The number of likely N-dealkylation sites (tertiary alicyclic amines) is 1. The van der Waals surface area contributed by atoms with Crippen LogP contribution in [0.4, 0.5) is 17.1 Å². The fourth-order valence-corrected chi connectivity index (χ4v) is 2.95. The van der Waals surface area contributed by atoms with Gasteiger partial charge in [0, 0.05) is 18.3 Å². The minimum atomic E-state index is -0.491. The Labute approximate surface area is 152 Å². The van der Waals surface area contributed by atoms with Crippen LogP contribution < -0.4 is 5.32 Å². The maximum atomic E-state index is 12.2. The highest BCUT2D eigenvalue weighted by atomic mass is 16.3. The molecule has 26 heavy (non-hydrogen) atoms. The minimum Gasteiger partial charge on any atom is -0.395 e. The molecule has 1 aliphatic heterocycles. The number of anilines is 1. The Kier molecular flexibility index (Phi) is 6.06. The predicted molar refractivity (Wildman–Crippen MR) is 98.8 cm³/mol. The van der Waals surface area contributed by atoms with E-state index < -0.39 is 6.10 Å². The Bertz CT molecular complexity index is 749. The molecule has 0 saturated carbocycles. The Morgan fingerprint density at radius 1 is 1.08 bits per heavy atom. The van der Waals surface area contributed by atoms with Crippen molar-refractivity contribution < 1.29 is 15.0 Å². The predicted octanol–water partition coefficient (Wildman–Crippen LogP) is 2.47. The average Bonchev–Trinajstić information content (AvgIpc) is 3.01. The summed E-state index contributed by atoms with van der Waals surface area (Å²) >= 11 is 0. The van der Waals surface area contributed by atoms with Crippen LogP contribution in [0, 0.1) is 0 Å². The summed E-state index contributed by atoms with van der Waals surface area (Å²) in [5, 5.41) is 30.1. The fraction of sp³-hybridized carbons (Fsp3) is 0.316. The standard InChI is InChI=1S/C19H22N4O3/c24-13-17-10-18(25)11-23(17)12-19(26)20-14-6-8-16(9-7-14)22-21-15-4-2-1-3-5-15/h1-9,17-18,24-25H,10-13H2,(H,20,26). The van der Waals surface area contributed by atoms with Crippen LogP contribution in [0.5, 0.6) is 0 Å². The van der Waals surface area contributed by atoms with Crippen LogP contribution in [-0.4, -0.2) is 52.9 Å². The second-order valence-corrected chi connectivity index (χ2v) is 6.29. The van der Waals surface area contributed by atoms with Gasteiger partial charge in [-0.2, -0.15) is 10.2 Å². The molecule has 2 unspecified atom stereocenters. The van der Waals surface area contributed by atoms with Gasteiger partial charge in [0.25, 0.3) is 0 Å². The molecule has 1 aliphatic rings. The van der Waals surface area contributed by atoms with E-state index in [1.54, 1.807) is 29.2 Å². The molecule has 3 rings (SSSR count). The number of carbonyl (C=O) groups excluding carboxylic acids is 1. The highest BCUT2D eigenvalue weighted by Gasteiger charge is 2.31. The molecule has 7 nitrogen and oxygen atoms in total. The lowest BCUT2D eigenvalue weighted by Gasteiger charge is -2.21. The zero-order chi connectivity index (χ0) is 18.4. The van der Waals surface area contributed by atoms with Crippen LogP contribution >= 0.6 is 0 Å². The molecule has 7 heteroatoms. The number of rotatable bonds is 6. The van der Waals surface area contributed by atoms with Gasteiger partial charge in [0.1, 0.15) is 0 Å². The molecule has 0 radical (unpaired) electrons. The third kappa shape index (κ3) is 4.95. The lowest BCUT2D eigenvalue weighted by Crippen LogP contribution is -2.38. The van der Waals surface area contributed by atoms with Crippen LogP contribution in [0.2, 0.25) is 0 Å². The second kappa shape index (κ2) is 8.66. The summed E-state index contributed by atoms with van der Waals surface area (Å²) in [6, 6.07) is 16.4. The van der Waals surface area contributed by atoms with Crippen LogP contribution in [-0.2, 0) is 4.79 Å². The lowest BCUT2D eigenvalue weighted by molar-refractivity contribution is -0.117. The van der Waals surface area contributed by atoms with Crippen molar-refractivity contribution in [1.29, 1.82) is 0 Å². The van der Waals surface area contributed by atoms with Crippen molar-refractivity contribution in [3.8, 4) is 0 Å². The molecular formula is C19H22N4O3. The monoisotopic (exact) mass is 354 g/mol. The van der Waals surface area contributed by atoms with Gasteiger partial charge in [-0.25, -0.2) is 0 Å². The molecule has 136 valence electrons. The SMILES string of the molecule is O=C(CN1CC(O)CC1CO)Nc1ccc(N=Nc2ccccc2)cc1. The molecule has 1 heterocycles. The van der Waals surface area contributed by atoms with Gasteiger partial charge in [-0.05, 0) is 42.8 Å². The van der Waals surface area contributed by atoms with Crippen molar-refractivity contribution in [2.45, 2.75) is 18.6 Å². The largest absolute Gasteiger partial charge is 0.395 e. The summed E-state index contributed by atoms with van der Waals surface area (Å²) in [4.78, 5) is 14.0. The van der Waals surface area contributed by atoms with Gasteiger partial charge in [-0.3, -0.25) is 9.69 Å². The Balaban J connectivity index is 1.54. The number of carbonyl (C=O) groups is 1. The number of amides is 1. The first-order chi connectivity index (χ1) is 12.6. The summed E-state index contributed by atoms with van der Waals surface area (Å²) in [7, 11) is 0. The average molecular weight is 354 g/mol. The van der Waals surface area contributed by atoms with Crippen molar-refractivity contribution in [3.05, 3.63) is 54.6 Å². The summed E-state index contributed by atoms with van der Waals surface area (Å²) in [6.45, 7) is 0.473. The topological polar surface area (TPSA) is 97.5 Å². The number of aliphatic hydroxyl groups excluding tert-OH is 2. The number of benzene rings is 2. The molecule has 2 aromatic carbocycles. The minimum absolute atomic E-state index is 0.0640. The third-order valence-corrected chi connectivity index (χ3v) is 4.25. The van der Waals surface area contributed by atoms with Crippen LogP contribution in [0.3, 0.4) is 0 Å². The van der Waals surface area contributed by atoms with Crippen molar-refractivity contribution in [3.63, 3.8) is 0 Å². The number of nitrogens with zero attached hydrogens (tertiary/aromatic N) is 3. The van der Waals surface area contributed by atoms with Gasteiger partial charge in [-0.15, -0.1) is 0 Å². The van der Waals surface area contributed by atoms with E-state index in [9.17, 15) is 15.0 Å². The van der Waals surface area contributed by atoms with Gasteiger partial charge in [0.15, 0.2) is 0 Å². The van der Waals surface area contributed by atoms with Crippen molar-refractivity contribution in [2.75, 3.05) is 25.0 Å². The van der Waals surface area contributed by atoms with E-state index in [1.165, 1.54) is 0 Å². The lowest BCUT2D eigenvalue weighted by atomic mass is 10.2. The van der Waals surface area contributed by atoms with Crippen LogP contribution in [0.1, 0.15) is 6.42 Å². The summed E-state index contributed by atoms with van der Waals surface area (Å²) in [6.07, 6.45) is -0.000505. The van der Waals surface area contributed by atoms with E-state index in [1.807, 2.05) is 30.3 Å². The van der Waals surface area contributed by atoms with Crippen LogP contribution in [0.15, 0.2) is 64.8 Å². The molecule has 0 aromatic heterocycles. The normalized spacial score (nSPS) is 20.5. The van der Waals surface area contributed by atoms with Gasteiger partial charge in [-0.1, -0.05) is 18.2 Å². The molecule has 1 amide bonds. The molecule has 0 bridgehead atoms. The Morgan fingerprint density at radius 2 is 1.73 bits per heavy atom. The summed E-state index contributed by atoms with van der Waals surface area (Å²) in [5.41, 5.74) is 2.12. The molecule has 1 saturated heterocycles. The van der Waals surface area contributed by atoms with Crippen LogP contribution in [0.25, 0.3) is 0 Å². The van der Waals surface area contributed by atoms with E-state index in [-0.39, 0.29) is 25.1 Å². The van der Waals surface area contributed by atoms with E-state index in [4.69, 9.17) is 0 Å². The highest BCUT2D eigenvalue weighted by molar-refractivity contribution is 5.92. The van der Waals surface area contributed by atoms with E-state index in [0.717, 1.165) is 5.69 Å². The Hall–Kier alpha value is -2.61. The van der Waals surface area contributed by atoms with Gasteiger partial charge in [0.2, 0.25) is 5.91 Å². The van der Waals surface area contributed by atoms with Gasteiger partial charge < -0.3 is 15.5 Å². The summed E-state index contributed by atoms with van der Waals surface area (Å²) in [5.74, 6) is -0.184. The smallest absolute Gasteiger partial charge is 0.238 e. The number of azo groups is 1. The zero-order valence-electron chi connectivity index (χ0n) is 14.3. The maximum absolute atomic E-state index is 12.2. The second-order valence-electron chi connectivity index (χ2n) is 6.29. The fourth-order valence-electron chi connectivity index (χ4n) is 2.95. The molecular weight excluding hydrogens is 332 g/mol. The van der Waals surface area contributed by atoms with Crippen molar-refractivity contribution in [2.24, 2.45) is 10.2 Å². The highest BCUT2D eigenvalue weighted by Crippen LogP contribution is 2.21. The first-order valence-electron chi connectivity index (χ1n) is 8.54. The molecule has 0 spiro atoms. The first kappa shape index (κ1) is 18.2. The number of aliphatic hydroxyl groups is 2. The molecule has 0 aliphatic carbocycles. The Morgan fingerprint density at radius 3 is 2.38 bits per heavy atom. The van der Waals surface area contributed by atoms with Crippen molar-refractivity contribution >= 4 is 23.0 Å². The van der Waals surface area contributed by atoms with Crippen molar-refractivity contribution in [1.82, 2.24) is 4.90 Å². The van der Waals surface area contributed by atoms with E-state index in [0.29, 0.717) is 24.3 Å². The molecule has 2 aromatic rings. The number of nitrogens with one attached hydrogen (secondary N) is 1. The number of β-amino-alcohol motifs (C(OH)–C–C–N with tert-alkyl or cyclic N) is 1. The van der Waals surface area contributed by atoms with E-state index >= 15 is 0 Å². The third-order valence-electron chi connectivity index (χ3n) is 4.25. The maximum Gasteiger partial charge on any atom is 0.238 e. The quantitative estimate of drug-likeness (QED) is 0.694. The number of hydrogen-bond donors (Lipinski definition) is 3. The molecule has 3 N–H and O–H groups in total. The zero-order valence-corrected chi connectivity index (χ0v) is 14.3. The number of hydrogen-bond acceptors (Lipinski definition) is 6.